The van der Waals surface area contributed by atoms with E-state index in [2.05, 4.69) is 5.32 Å². The van der Waals surface area contributed by atoms with Gasteiger partial charge in [-0.15, -0.1) is 0 Å². The zero-order chi connectivity index (χ0) is 10.1. The summed E-state index contributed by atoms with van der Waals surface area (Å²) in [6.45, 7) is 5.24. The van der Waals surface area contributed by atoms with Gasteiger partial charge in [-0.3, -0.25) is 4.79 Å². The lowest BCUT2D eigenvalue weighted by Crippen LogP contribution is -2.35. The lowest BCUT2D eigenvalue weighted by molar-refractivity contribution is -0.126. The Morgan fingerprint density at radius 1 is 1.62 bits per heavy atom. The Hall–Kier alpha value is -0.610. The van der Waals surface area contributed by atoms with Gasteiger partial charge in [0.1, 0.15) is 6.61 Å². The number of hydrogen-bond acceptors (Lipinski definition) is 3. The van der Waals surface area contributed by atoms with Gasteiger partial charge in [-0.25, -0.2) is 0 Å². The molecule has 1 atom stereocenters. The Morgan fingerprint density at radius 3 is 2.85 bits per heavy atom. The fourth-order valence-electron chi connectivity index (χ4n) is 1.01. The smallest absolute Gasteiger partial charge is 0.246 e. The standard InChI is InChI=1S/C9H20N2O2/c1-3-13-7-9(12)11-8(2)5-4-6-10/h8H,3-7,10H2,1-2H3,(H,11,12). The highest BCUT2D eigenvalue weighted by Gasteiger charge is 2.05. The van der Waals surface area contributed by atoms with Crippen molar-refractivity contribution in [2.45, 2.75) is 32.7 Å². The van der Waals surface area contributed by atoms with E-state index < -0.39 is 0 Å². The van der Waals surface area contributed by atoms with Crippen molar-refractivity contribution in [3.05, 3.63) is 0 Å². The van der Waals surface area contributed by atoms with Crippen molar-refractivity contribution in [3.63, 3.8) is 0 Å². The highest BCUT2D eigenvalue weighted by molar-refractivity contribution is 5.77. The summed E-state index contributed by atoms with van der Waals surface area (Å²) in [6, 6.07) is 0.191. The zero-order valence-electron chi connectivity index (χ0n) is 8.51. The molecule has 0 heterocycles. The Labute approximate surface area is 79.8 Å². The van der Waals surface area contributed by atoms with Crippen LogP contribution >= 0.6 is 0 Å². The van der Waals surface area contributed by atoms with Crippen LogP contribution in [0.4, 0.5) is 0 Å². The van der Waals surface area contributed by atoms with Crippen molar-refractivity contribution in [2.75, 3.05) is 19.8 Å². The van der Waals surface area contributed by atoms with Crippen molar-refractivity contribution < 1.29 is 9.53 Å². The summed E-state index contributed by atoms with van der Waals surface area (Å²) in [5.74, 6) is -0.0497. The number of hydrogen-bond donors (Lipinski definition) is 2. The zero-order valence-corrected chi connectivity index (χ0v) is 8.51. The van der Waals surface area contributed by atoms with E-state index in [-0.39, 0.29) is 18.6 Å². The Bertz CT molecular complexity index is 140. The monoisotopic (exact) mass is 188 g/mol. The third kappa shape index (κ3) is 7.74. The third-order valence-corrected chi connectivity index (χ3v) is 1.69. The summed E-state index contributed by atoms with van der Waals surface area (Å²) in [5, 5.41) is 2.83. The molecule has 0 fully saturated rings. The van der Waals surface area contributed by atoms with Gasteiger partial charge in [-0.2, -0.15) is 0 Å². The van der Waals surface area contributed by atoms with Crippen LogP contribution in [0.5, 0.6) is 0 Å². The third-order valence-electron chi connectivity index (χ3n) is 1.69. The van der Waals surface area contributed by atoms with E-state index in [9.17, 15) is 4.79 Å². The van der Waals surface area contributed by atoms with Gasteiger partial charge in [-0.05, 0) is 33.2 Å². The van der Waals surface area contributed by atoms with Crippen LogP contribution in [0, 0.1) is 0 Å². The van der Waals surface area contributed by atoms with Crippen LogP contribution in [0.25, 0.3) is 0 Å². The van der Waals surface area contributed by atoms with E-state index in [0.29, 0.717) is 13.2 Å². The predicted molar refractivity (Wildman–Crippen MR) is 52.4 cm³/mol. The molecule has 3 N–H and O–H groups in total. The molecule has 0 aliphatic carbocycles. The number of nitrogens with one attached hydrogen (secondary N) is 1. The van der Waals surface area contributed by atoms with E-state index in [4.69, 9.17) is 10.5 Å². The van der Waals surface area contributed by atoms with Crippen LogP contribution in [-0.2, 0) is 9.53 Å². The van der Waals surface area contributed by atoms with Crippen LogP contribution in [0.3, 0.4) is 0 Å². The second kappa shape index (κ2) is 8.01. The van der Waals surface area contributed by atoms with Crippen molar-refractivity contribution in [1.29, 1.82) is 0 Å². The molecule has 0 aliphatic heterocycles. The average molecular weight is 188 g/mol. The minimum absolute atomic E-state index is 0.0497. The van der Waals surface area contributed by atoms with E-state index >= 15 is 0 Å². The van der Waals surface area contributed by atoms with Crippen LogP contribution in [-0.4, -0.2) is 31.7 Å². The van der Waals surface area contributed by atoms with Gasteiger partial charge >= 0.3 is 0 Å². The van der Waals surface area contributed by atoms with Gasteiger partial charge in [-0.1, -0.05) is 0 Å². The van der Waals surface area contributed by atoms with Gasteiger partial charge in [0.15, 0.2) is 0 Å². The maximum Gasteiger partial charge on any atom is 0.246 e. The molecule has 1 unspecified atom stereocenters. The number of amides is 1. The largest absolute Gasteiger partial charge is 0.372 e. The molecular weight excluding hydrogens is 168 g/mol. The van der Waals surface area contributed by atoms with Crippen molar-refractivity contribution in [3.8, 4) is 0 Å². The van der Waals surface area contributed by atoms with Crippen molar-refractivity contribution in [1.82, 2.24) is 5.32 Å². The molecule has 0 aromatic carbocycles. The summed E-state index contributed by atoms with van der Waals surface area (Å²) in [4.78, 5) is 11.1. The number of ether oxygens (including phenoxy) is 1. The first kappa shape index (κ1) is 12.4. The molecule has 78 valence electrons. The Balaban J connectivity index is 3.41. The van der Waals surface area contributed by atoms with Crippen LogP contribution in [0.2, 0.25) is 0 Å². The first-order chi connectivity index (χ1) is 6.20. The molecule has 0 spiro atoms. The summed E-state index contributed by atoms with van der Waals surface area (Å²) < 4.78 is 4.96. The van der Waals surface area contributed by atoms with Gasteiger partial charge in [0.2, 0.25) is 5.91 Å². The molecule has 4 heteroatoms. The number of rotatable bonds is 7. The quantitative estimate of drug-likeness (QED) is 0.602. The first-order valence-electron chi connectivity index (χ1n) is 4.77. The molecule has 0 aromatic heterocycles. The lowest BCUT2D eigenvalue weighted by atomic mass is 10.2. The van der Waals surface area contributed by atoms with E-state index in [1.807, 2.05) is 13.8 Å². The summed E-state index contributed by atoms with van der Waals surface area (Å²) >= 11 is 0. The van der Waals surface area contributed by atoms with Crippen LogP contribution < -0.4 is 11.1 Å². The molecule has 4 nitrogen and oxygen atoms in total. The fraction of sp³-hybridized carbons (Fsp3) is 0.889. The van der Waals surface area contributed by atoms with E-state index in [1.165, 1.54) is 0 Å². The summed E-state index contributed by atoms with van der Waals surface area (Å²) in [7, 11) is 0. The second-order valence-electron chi connectivity index (χ2n) is 3.04. The van der Waals surface area contributed by atoms with Gasteiger partial charge < -0.3 is 15.8 Å². The maximum atomic E-state index is 11.1. The van der Waals surface area contributed by atoms with Crippen molar-refractivity contribution in [2.24, 2.45) is 5.73 Å². The average Bonchev–Trinajstić information content (AvgIpc) is 2.11. The summed E-state index contributed by atoms with van der Waals surface area (Å²) in [5.41, 5.74) is 5.35. The minimum Gasteiger partial charge on any atom is -0.372 e. The van der Waals surface area contributed by atoms with Crippen LogP contribution in [0.15, 0.2) is 0 Å². The molecule has 0 aromatic rings. The van der Waals surface area contributed by atoms with Crippen molar-refractivity contribution >= 4 is 5.91 Å². The summed E-state index contributed by atoms with van der Waals surface area (Å²) in [6.07, 6.45) is 1.87. The number of nitrogens with two attached hydrogens (primary N) is 1. The van der Waals surface area contributed by atoms with Crippen LogP contribution in [0.1, 0.15) is 26.7 Å². The number of carbonyl (C=O) groups is 1. The number of carbonyl (C=O) groups excluding carboxylic acids is 1. The first-order valence-corrected chi connectivity index (χ1v) is 4.77. The molecule has 0 bridgehead atoms. The molecular formula is C9H20N2O2. The molecule has 0 saturated heterocycles. The molecule has 1 amide bonds. The highest BCUT2D eigenvalue weighted by atomic mass is 16.5. The molecule has 13 heavy (non-hydrogen) atoms. The normalized spacial score (nSPS) is 12.5. The molecule has 0 rings (SSSR count). The minimum atomic E-state index is -0.0497. The van der Waals surface area contributed by atoms with Gasteiger partial charge in [0.25, 0.3) is 0 Å². The highest BCUT2D eigenvalue weighted by Crippen LogP contribution is 1.94. The van der Waals surface area contributed by atoms with E-state index in [0.717, 1.165) is 12.8 Å². The molecule has 0 saturated carbocycles. The van der Waals surface area contributed by atoms with Gasteiger partial charge in [0.05, 0.1) is 0 Å². The second-order valence-corrected chi connectivity index (χ2v) is 3.04. The SMILES string of the molecule is CCOCC(=O)NC(C)CCCN. The fourth-order valence-corrected chi connectivity index (χ4v) is 1.01. The topological polar surface area (TPSA) is 64.3 Å². The maximum absolute atomic E-state index is 11.1. The van der Waals surface area contributed by atoms with Gasteiger partial charge in [0, 0.05) is 12.6 Å². The van der Waals surface area contributed by atoms with E-state index in [1.54, 1.807) is 0 Å². The molecule has 0 radical (unpaired) electrons. The Kier molecular flexibility index (Phi) is 7.63. The lowest BCUT2D eigenvalue weighted by Gasteiger charge is -2.12. The Morgan fingerprint density at radius 2 is 2.31 bits per heavy atom. The molecule has 0 aliphatic rings. The predicted octanol–water partition coefficient (Wildman–Crippen LogP) is 0.267.